The van der Waals surface area contributed by atoms with E-state index in [1.54, 1.807) is 7.05 Å². The lowest BCUT2D eigenvalue weighted by Crippen LogP contribution is -2.46. The van der Waals surface area contributed by atoms with E-state index in [0.717, 1.165) is 36.1 Å². The molecule has 2 aromatic rings. The molecule has 5 heteroatoms. The lowest BCUT2D eigenvalue weighted by molar-refractivity contribution is -0.124. The van der Waals surface area contributed by atoms with Crippen molar-refractivity contribution in [3.8, 4) is 0 Å². The van der Waals surface area contributed by atoms with Gasteiger partial charge in [-0.3, -0.25) is 9.59 Å². The Morgan fingerprint density at radius 1 is 1.12 bits per heavy atom. The molecule has 3 rings (SSSR count). The van der Waals surface area contributed by atoms with Gasteiger partial charge in [0.1, 0.15) is 0 Å². The number of carbonyl (C=O) groups excluding carboxylic acids is 2. The van der Waals surface area contributed by atoms with Gasteiger partial charge in [-0.1, -0.05) is 42.3 Å². The van der Waals surface area contributed by atoms with Gasteiger partial charge in [-0.25, -0.2) is 0 Å². The Kier molecular flexibility index (Phi) is 5.09. The van der Waals surface area contributed by atoms with Gasteiger partial charge >= 0.3 is 0 Å². The SMILES string of the molecule is CNC(=O)Cc1ccc(NC(=O)C2(c3cccc(Cl)c3)CCC2)cc1. The summed E-state index contributed by atoms with van der Waals surface area (Å²) in [6.07, 6.45) is 3.02. The van der Waals surface area contributed by atoms with Crippen molar-refractivity contribution in [3.05, 3.63) is 64.7 Å². The molecule has 0 saturated heterocycles. The molecule has 0 atom stereocenters. The Balaban J connectivity index is 1.73. The Hall–Kier alpha value is -2.33. The first-order chi connectivity index (χ1) is 12.0. The molecule has 0 unspecified atom stereocenters. The first-order valence-electron chi connectivity index (χ1n) is 8.40. The number of nitrogens with one attached hydrogen (secondary N) is 2. The number of benzene rings is 2. The van der Waals surface area contributed by atoms with Crippen molar-refractivity contribution in [2.45, 2.75) is 31.1 Å². The molecule has 130 valence electrons. The molecule has 25 heavy (non-hydrogen) atoms. The minimum Gasteiger partial charge on any atom is -0.359 e. The summed E-state index contributed by atoms with van der Waals surface area (Å²) in [5, 5.41) is 6.26. The molecule has 1 aliphatic carbocycles. The van der Waals surface area contributed by atoms with E-state index in [9.17, 15) is 9.59 Å². The zero-order chi connectivity index (χ0) is 17.9. The second-order valence-corrected chi connectivity index (χ2v) is 6.88. The number of anilines is 1. The highest BCUT2D eigenvalue weighted by Gasteiger charge is 2.45. The maximum atomic E-state index is 12.9. The number of hydrogen-bond acceptors (Lipinski definition) is 2. The number of carbonyl (C=O) groups is 2. The molecular weight excluding hydrogens is 336 g/mol. The first-order valence-corrected chi connectivity index (χ1v) is 8.78. The van der Waals surface area contributed by atoms with Crippen LogP contribution in [0, 0.1) is 0 Å². The Bertz CT molecular complexity index is 783. The lowest BCUT2D eigenvalue weighted by Gasteiger charge is -2.40. The Morgan fingerprint density at radius 2 is 1.84 bits per heavy atom. The molecule has 2 N–H and O–H groups in total. The number of likely N-dealkylation sites (N-methyl/N-ethyl adjacent to an activating group) is 1. The largest absolute Gasteiger partial charge is 0.359 e. The summed E-state index contributed by atoms with van der Waals surface area (Å²) in [6.45, 7) is 0. The molecule has 1 saturated carbocycles. The highest BCUT2D eigenvalue weighted by atomic mass is 35.5. The number of amides is 2. The fourth-order valence-corrected chi connectivity index (χ4v) is 3.38. The van der Waals surface area contributed by atoms with E-state index < -0.39 is 5.41 Å². The van der Waals surface area contributed by atoms with Crippen LogP contribution in [-0.2, 0) is 21.4 Å². The predicted octanol–water partition coefficient (Wildman–Crippen LogP) is 3.69. The third kappa shape index (κ3) is 3.69. The molecule has 0 heterocycles. The van der Waals surface area contributed by atoms with Crippen LogP contribution in [0.2, 0.25) is 5.02 Å². The van der Waals surface area contributed by atoms with Crippen LogP contribution < -0.4 is 10.6 Å². The topological polar surface area (TPSA) is 58.2 Å². The van der Waals surface area contributed by atoms with E-state index >= 15 is 0 Å². The fourth-order valence-electron chi connectivity index (χ4n) is 3.19. The van der Waals surface area contributed by atoms with Crippen LogP contribution in [0.5, 0.6) is 0 Å². The van der Waals surface area contributed by atoms with Crippen molar-refractivity contribution in [1.29, 1.82) is 0 Å². The van der Waals surface area contributed by atoms with E-state index in [4.69, 9.17) is 11.6 Å². The highest BCUT2D eigenvalue weighted by Crippen LogP contribution is 2.45. The molecular formula is C20H21ClN2O2. The van der Waals surface area contributed by atoms with E-state index in [0.29, 0.717) is 11.4 Å². The van der Waals surface area contributed by atoms with Gasteiger partial charge in [0, 0.05) is 17.8 Å². The summed E-state index contributed by atoms with van der Waals surface area (Å²) in [5.74, 6) is -0.0359. The molecule has 4 nitrogen and oxygen atoms in total. The van der Waals surface area contributed by atoms with E-state index in [2.05, 4.69) is 10.6 Å². The normalized spacial score (nSPS) is 15.1. The summed E-state index contributed by atoms with van der Waals surface area (Å²) in [5.41, 5.74) is 2.12. The standard InChI is InChI=1S/C20H21ClN2O2/c1-22-18(24)12-14-6-8-17(9-7-14)23-19(25)20(10-3-11-20)15-4-2-5-16(21)13-15/h2,4-9,13H,3,10-12H2,1H3,(H,22,24)(H,23,25). The minimum absolute atomic E-state index is 0.0000629. The number of halogens is 1. The second kappa shape index (κ2) is 7.28. The van der Waals surface area contributed by atoms with Gasteiger partial charge in [-0.15, -0.1) is 0 Å². The summed E-state index contributed by atoms with van der Waals surface area (Å²) in [4.78, 5) is 24.3. The quantitative estimate of drug-likeness (QED) is 0.858. The molecule has 0 spiro atoms. The number of rotatable bonds is 5. The van der Waals surface area contributed by atoms with Crippen molar-refractivity contribution in [3.63, 3.8) is 0 Å². The van der Waals surface area contributed by atoms with Crippen molar-refractivity contribution >= 4 is 29.1 Å². The molecule has 0 aromatic heterocycles. The maximum absolute atomic E-state index is 12.9. The lowest BCUT2D eigenvalue weighted by atomic mass is 9.64. The average molecular weight is 357 g/mol. The number of hydrogen-bond donors (Lipinski definition) is 2. The van der Waals surface area contributed by atoms with Crippen LogP contribution in [0.25, 0.3) is 0 Å². The molecule has 0 bridgehead atoms. The Labute approximate surface area is 152 Å². The van der Waals surface area contributed by atoms with Gasteiger partial charge in [0.2, 0.25) is 11.8 Å². The van der Waals surface area contributed by atoms with Gasteiger partial charge in [0.15, 0.2) is 0 Å². The van der Waals surface area contributed by atoms with Gasteiger partial charge in [-0.05, 0) is 48.2 Å². The van der Waals surface area contributed by atoms with Gasteiger partial charge in [-0.2, -0.15) is 0 Å². The molecule has 2 amide bonds. The molecule has 1 fully saturated rings. The van der Waals surface area contributed by atoms with Crippen LogP contribution in [0.3, 0.4) is 0 Å². The van der Waals surface area contributed by atoms with Crippen LogP contribution in [0.15, 0.2) is 48.5 Å². The maximum Gasteiger partial charge on any atom is 0.235 e. The monoisotopic (exact) mass is 356 g/mol. The van der Waals surface area contributed by atoms with Crippen molar-refractivity contribution < 1.29 is 9.59 Å². The zero-order valence-corrected chi connectivity index (χ0v) is 14.9. The third-order valence-corrected chi connectivity index (χ3v) is 5.11. The third-order valence-electron chi connectivity index (χ3n) is 4.87. The van der Waals surface area contributed by atoms with Crippen LogP contribution in [0.4, 0.5) is 5.69 Å². The summed E-state index contributed by atoms with van der Waals surface area (Å²) in [7, 11) is 1.62. The molecule has 1 aliphatic rings. The average Bonchev–Trinajstić information content (AvgIpc) is 2.55. The second-order valence-electron chi connectivity index (χ2n) is 6.45. The Morgan fingerprint density at radius 3 is 2.40 bits per heavy atom. The van der Waals surface area contributed by atoms with E-state index in [-0.39, 0.29) is 11.8 Å². The predicted molar refractivity (Wildman–Crippen MR) is 99.8 cm³/mol. The first kappa shape index (κ1) is 17.5. The van der Waals surface area contributed by atoms with E-state index in [1.807, 2.05) is 48.5 Å². The van der Waals surface area contributed by atoms with Crippen LogP contribution in [0.1, 0.15) is 30.4 Å². The van der Waals surface area contributed by atoms with E-state index in [1.165, 1.54) is 0 Å². The van der Waals surface area contributed by atoms with Gasteiger partial charge < -0.3 is 10.6 Å². The zero-order valence-electron chi connectivity index (χ0n) is 14.1. The molecule has 2 aromatic carbocycles. The highest BCUT2D eigenvalue weighted by molar-refractivity contribution is 6.30. The van der Waals surface area contributed by atoms with Gasteiger partial charge in [0.05, 0.1) is 11.8 Å². The molecule has 0 aliphatic heterocycles. The van der Waals surface area contributed by atoms with Crippen molar-refractivity contribution in [2.75, 3.05) is 12.4 Å². The smallest absolute Gasteiger partial charge is 0.235 e. The fraction of sp³-hybridized carbons (Fsp3) is 0.300. The summed E-state index contributed by atoms with van der Waals surface area (Å²) in [6, 6.07) is 14.9. The minimum atomic E-state index is -0.494. The van der Waals surface area contributed by atoms with Crippen molar-refractivity contribution in [1.82, 2.24) is 5.32 Å². The molecule has 0 radical (unpaired) electrons. The van der Waals surface area contributed by atoms with Gasteiger partial charge in [0.25, 0.3) is 0 Å². The van der Waals surface area contributed by atoms with Crippen molar-refractivity contribution in [2.24, 2.45) is 0 Å². The van der Waals surface area contributed by atoms with Crippen LogP contribution >= 0.6 is 11.6 Å². The summed E-state index contributed by atoms with van der Waals surface area (Å²) < 4.78 is 0. The summed E-state index contributed by atoms with van der Waals surface area (Å²) >= 11 is 6.10. The van der Waals surface area contributed by atoms with Crippen LogP contribution in [-0.4, -0.2) is 18.9 Å².